The number of carboxylic acid groups (broad SMARTS) is 1. The van der Waals surface area contributed by atoms with E-state index >= 15 is 0 Å². The molecule has 0 aliphatic heterocycles. The SMILES string of the molecule is CC1(C)C(C#N)[C@H]1C(=O)O. The Morgan fingerprint density at radius 2 is 2.20 bits per heavy atom. The molecule has 0 aromatic rings. The van der Waals surface area contributed by atoms with Gasteiger partial charge < -0.3 is 5.11 Å². The molecule has 0 heterocycles. The van der Waals surface area contributed by atoms with Crippen LogP contribution in [0.1, 0.15) is 13.8 Å². The first-order valence-electron chi connectivity index (χ1n) is 3.14. The van der Waals surface area contributed by atoms with Crippen molar-refractivity contribution in [3.63, 3.8) is 0 Å². The molecule has 1 unspecified atom stereocenters. The minimum atomic E-state index is -0.850. The van der Waals surface area contributed by atoms with Crippen molar-refractivity contribution < 1.29 is 9.90 Å². The van der Waals surface area contributed by atoms with E-state index in [0.29, 0.717) is 0 Å². The van der Waals surface area contributed by atoms with Crippen LogP contribution in [0.15, 0.2) is 0 Å². The molecular weight excluding hydrogens is 130 g/mol. The Kier molecular flexibility index (Phi) is 1.22. The number of rotatable bonds is 1. The van der Waals surface area contributed by atoms with Gasteiger partial charge in [0, 0.05) is 0 Å². The van der Waals surface area contributed by atoms with Crippen LogP contribution in [0.5, 0.6) is 0 Å². The first kappa shape index (κ1) is 7.07. The number of hydrogen-bond acceptors (Lipinski definition) is 2. The van der Waals surface area contributed by atoms with Crippen LogP contribution in [0.3, 0.4) is 0 Å². The molecule has 1 N–H and O–H groups in total. The lowest BCUT2D eigenvalue weighted by Gasteiger charge is -1.94. The van der Waals surface area contributed by atoms with Gasteiger partial charge in [0.05, 0.1) is 17.9 Å². The van der Waals surface area contributed by atoms with Crippen LogP contribution in [0, 0.1) is 28.6 Å². The van der Waals surface area contributed by atoms with Crippen molar-refractivity contribution in [1.29, 1.82) is 5.26 Å². The molecule has 0 saturated heterocycles. The zero-order valence-corrected chi connectivity index (χ0v) is 5.96. The fourth-order valence-electron chi connectivity index (χ4n) is 1.34. The molecule has 1 rings (SSSR count). The molecule has 0 aromatic carbocycles. The summed E-state index contributed by atoms with van der Waals surface area (Å²) in [6.45, 7) is 3.61. The lowest BCUT2D eigenvalue weighted by atomic mass is 10.1. The number of aliphatic carboxylic acids is 1. The molecule has 3 nitrogen and oxygen atoms in total. The number of carboxylic acids is 1. The second kappa shape index (κ2) is 1.72. The summed E-state index contributed by atoms with van der Waals surface area (Å²) in [7, 11) is 0. The van der Waals surface area contributed by atoms with Crippen LogP contribution >= 0.6 is 0 Å². The van der Waals surface area contributed by atoms with Gasteiger partial charge in [-0.2, -0.15) is 5.26 Å². The first-order chi connectivity index (χ1) is 4.51. The Balaban J connectivity index is 2.73. The van der Waals surface area contributed by atoms with E-state index in [1.807, 2.05) is 6.07 Å². The van der Waals surface area contributed by atoms with Gasteiger partial charge in [0.25, 0.3) is 0 Å². The van der Waals surface area contributed by atoms with Crippen molar-refractivity contribution in [3.8, 4) is 6.07 Å². The maximum absolute atomic E-state index is 10.4. The topological polar surface area (TPSA) is 61.1 Å². The molecule has 0 radical (unpaired) electrons. The van der Waals surface area contributed by atoms with E-state index in [-0.39, 0.29) is 11.3 Å². The third kappa shape index (κ3) is 0.688. The van der Waals surface area contributed by atoms with Crippen molar-refractivity contribution >= 4 is 5.97 Å². The van der Waals surface area contributed by atoms with Crippen LogP contribution in [0.2, 0.25) is 0 Å². The average Bonchev–Trinajstić information content (AvgIpc) is 2.33. The summed E-state index contributed by atoms with van der Waals surface area (Å²) in [4.78, 5) is 10.4. The van der Waals surface area contributed by atoms with Crippen molar-refractivity contribution in [2.75, 3.05) is 0 Å². The second-order valence-corrected chi connectivity index (χ2v) is 3.24. The van der Waals surface area contributed by atoms with Gasteiger partial charge in [-0.05, 0) is 5.41 Å². The number of carbonyl (C=O) groups is 1. The second-order valence-electron chi connectivity index (χ2n) is 3.24. The van der Waals surface area contributed by atoms with Gasteiger partial charge in [0.15, 0.2) is 0 Å². The lowest BCUT2D eigenvalue weighted by Crippen LogP contribution is -2.02. The summed E-state index contributed by atoms with van der Waals surface area (Å²) >= 11 is 0. The quantitative estimate of drug-likeness (QED) is 0.586. The third-order valence-electron chi connectivity index (χ3n) is 2.23. The van der Waals surface area contributed by atoms with Gasteiger partial charge in [0.1, 0.15) is 0 Å². The highest BCUT2D eigenvalue weighted by Gasteiger charge is 2.62. The molecule has 0 spiro atoms. The maximum atomic E-state index is 10.4. The Labute approximate surface area is 59.3 Å². The Morgan fingerprint density at radius 3 is 2.30 bits per heavy atom. The van der Waals surface area contributed by atoms with Crippen LogP contribution < -0.4 is 0 Å². The zero-order valence-electron chi connectivity index (χ0n) is 5.96. The molecule has 0 amide bonds. The normalized spacial score (nSPS) is 34.5. The molecule has 1 fully saturated rings. The standard InChI is InChI=1S/C7H9NO2/c1-7(2)4(3-8)5(7)6(9)10/h4-5H,1-2H3,(H,9,10)/t4?,5-/m0/s1. The van der Waals surface area contributed by atoms with Crippen LogP contribution in [-0.4, -0.2) is 11.1 Å². The fraction of sp³-hybridized carbons (Fsp3) is 0.714. The number of nitriles is 1. The van der Waals surface area contributed by atoms with Gasteiger partial charge in [-0.15, -0.1) is 0 Å². The minimum absolute atomic E-state index is 0.287. The fourth-order valence-corrected chi connectivity index (χ4v) is 1.34. The predicted octanol–water partition coefficient (Wildman–Crippen LogP) is 0.867. The van der Waals surface area contributed by atoms with E-state index in [9.17, 15) is 4.79 Å². The van der Waals surface area contributed by atoms with Crippen LogP contribution in [0.4, 0.5) is 0 Å². The third-order valence-corrected chi connectivity index (χ3v) is 2.23. The minimum Gasteiger partial charge on any atom is -0.481 e. The molecule has 0 aromatic heterocycles. The summed E-state index contributed by atoms with van der Waals surface area (Å²) in [5.41, 5.74) is -0.305. The average molecular weight is 139 g/mol. The highest BCUT2D eigenvalue weighted by Crippen LogP contribution is 2.57. The molecule has 3 heteroatoms. The Hall–Kier alpha value is -1.04. The van der Waals surface area contributed by atoms with E-state index in [0.717, 1.165) is 0 Å². The van der Waals surface area contributed by atoms with Crippen molar-refractivity contribution in [2.24, 2.45) is 17.3 Å². The van der Waals surface area contributed by atoms with Crippen molar-refractivity contribution in [3.05, 3.63) is 0 Å². The Bertz CT molecular complexity index is 214. The molecule has 1 aliphatic carbocycles. The van der Waals surface area contributed by atoms with Crippen LogP contribution in [0.25, 0.3) is 0 Å². The largest absolute Gasteiger partial charge is 0.481 e. The molecule has 1 aliphatic rings. The number of nitrogens with zero attached hydrogens (tertiary/aromatic N) is 1. The summed E-state index contributed by atoms with van der Waals surface area (Å²) in [5, 5.41) is 17.0. The van der Waals surface area contributed by atoms with Gasteiger partial charge in [-0.25, -0.2) is 0 Å². The summed E-state index contributed by atoms with van der Waals surface area (Å²) in [6.07, 6.45) is 0. The maximum Gasteiger partial charge on any atom is 0.308 e. The molecule has 0 bridgehead atoms. The van der Waals surface area contributed by atoms with Crippen molar-refractivity contribution in [2.45, 2.75) is 13.8 Å². The van der Waals surface area contributed by atoms with E-state index in [1.54, 1.807) is 13.8 Å². The lowest BCUT2D eigenvalue weighted by molar-refractivity contribution is -0.139. The van der Waals surface area contributed by atoms with Gasteiger partial charge in [0.2, 0.25) is 0 Å². The van der Waals surface area contributed by atoms with E-state index < -0.39 is 11.9 Å². The zero-order chi connectivity index (χ0) is 7.94. The summed E-state index contributed by atoms with van der Waals surface area (Å²) < 4.78 is 0. The molecule has 1 saturated carbocycles. The van der Waals surface area contributed by atoms with Gasteiger partial charge in [-0.1, -0.05) is 13.8 Å². The van der Waals surface area contributed by atoms with E-state index in [1.165, 1.54) is 0 Å². The highest BCUT2D eigenvalue weighted by atomic mass is 16.4. The van der Waals surface area contributed by atoms with Gasteiger partial charge in [-0.3, -0.25) is 4.79 Å². The summed E-state index contributed by atoms with van der Waals surface area (Å²) in [6, 6.07) is 1.98. The highest BCUT2D eigenvalue weighted by molar-refractivity contribution is 5.76. The Morgan fingerprint density at radius 1 is 1.70 bits per heavy atom. The molecule has 54 valence electrons. The number of hydrogen-bond donors (Lipinski definition) is 1. The van der Waals surface area contributed by atoms with Crippen LogP contribution in [-0.2, 0) is 4.79 Å². The molecule has 2 atom stereocenters. The predicted molar refractivity (Wildman–Crippen MR) is 34.0 cm³/mol. The van der Waals surface area contributed by atoms with E-state index in [4.69, 9.17) is 10.4 Å². The summed E-state index contributed by atoms with van der Waals surface area (Å²) in [5.74, 6) is -1.58. The smallest absolute Gasteiger partial charge is 0.308 e. The van der Waals surface area contributed by atoms with E-state index in [2.05, 4.69) is 0 Å². The monoisotopic (exact) mass is 139 g/mol. The van der Waals surface area contributed by atoms with Crippen molar-refractivity contribution in [1.82, 2.24) is 0 Å². The molecule has 10 heavy (non-hydrogen) atoms. The molecular formula is C7H9NO2. The van der Waals surface area contributed by atoms with Gasteiger partial charge >= 0.3 is 5.97 Å². The first-order valence-corrected chi connectivity index (χ1v) is 3.14.